The molecule has 4 nitrogen and oxygen atoms in total. The molecule has 3 N–H and O–H groups in total. The minimum atomic E-state index is -0.958. The average molecular weight is 191 g/mol. The zero-order chi connectivity index (χ0) is 10.3. The van der Waals surface area contributed by atoms with Crippen molar-refractivity contribution in [2.45, 2.75) is 38.6 Å². The van der Waals surface area contributed by atoms with E-state index in [-0.39, 0.29) is 0 Å². The maximum Gasteiger partial charge on any atom is 0.159 e. The first-order chi connectivity index (χ1) is 5.99. The van der Waals surface area contributed by atoms with Crippen molar-refractivity contribution >= 4 is 0 Å². The lowest BCUT2D eigenvalue weighted by Crippen LogP contribution is -2.20. The van der Waals surface area contributed by atoms with E-state index >= 15 is 0 Å². The molecule has 0 radical (unpaired) electrons. The Kier molecular flexibility index (Phi) is 6.24. The predicted molar refractivity (Wildman–Crippen MR) is 51.3 cm³/mol. The van der Waals surface area contributed by atoms with Gasteiger partial charge in [-0.3, -0.25) is 0 Å². The van der Waals surface area contributed by atoms with E-state index in [0.717, 1.165) is 13.0 Å². The first-order valence-corrected chi connectivity index (χ1v) is 4.59. The molecule has 1 aliphatic rings. The Hall–Kier alpha value is -0.160. The summed E-state index contributed by atoms with van der Waals surface area (Å²) < 4.78 is 9.67. The Bertz CT molecular complexity index is 117. The van der Waals surface area contributed by atoms with Crippen molar-refractivity contribution in [1.82, 2.24) is 0 Å². The number of rotatable bonds is 2. The first-order valence-electron chi connectivity index (χ1n) is 4.59. The van der Waals surface area contributed by atoms with Crippen molar-refractivity contribution in [2.24, 2.45) is 5.73 Å². The standard InChI is InChI=1S/C5H11NO.C4H10O2/c6-4-5-2-1-3-7-5;1-4(2,5)6-3/h5H,1-4,6H2;5H,1-3H3. The van der Waals surface area contributed by atoms with Crippen LogP contribution in [-0.2, 0) is 9.47 Å². The molecule has 0 aromatic heterocycles. The Morgan fingerprint density at radius 2 is 2.15 bits per heavy atom. The molecule has 1 saturated heterocycles. The summed E-state index contributed by atoms with van der Waals surface area (Å²) in [6.45, 7) is 4.77. The van der Waals surface area contributed by atoms with E-state index in [4.69, 9.17) is 15.6 Å². The highest BCUT2D eigenvalue weighted by Gasteiger charge is 2.11. The van der Waals surface area contributed by atoms with Crippen LogP contribution in [0.4, 0.5) is 0 Å². The number of methoxy groups -OCH3 is 1. The third-order valence-electron chi connectivity index (χ3n) is 1.79. The van der Waals surface area contributed by atoms with E-state index in [1.807, 2.05) is 0 Å². The van der Waals surface area contributed by atoms with E-state index < -0.39 is 5.79 Å². The second-order valence-corrected chi connectivity index (χ2v) is 3.52. The summed E-state index contributed by atoms with van der Waals surface area (Å²) >= 11 is 0. The van der Waals surface area contributed by atoms with Crippen LogP contribution in [0.5, 0.6) is 0 Å². The largest absolute Gasteiger partial charge is 0.377 e. The minimum Gasteiger partial charge on any atom is -0.377 e. The lowest BCUT2D eigenvalue weighted by atomic mass is 10.2. The molecule has 13 heavy (non-hydrogen) atoms. The fourth-order valence-corrected chi connectivity index (χ4v) is 0.830. The van der Waals surface area contributed by atoms with Crippen LogP contribution in [0.1, 0.15) is 26.7 Å². The Balaban J connectivity index is 0.000000226. The van der Waals surface area contributed by atoms with Gasteiger partial charge in [-0.25, -0.2) is 0 Å². The molecular weight excluding hydrogens is 170 g/mol. The highest BCUT2D eigenvalue weighted by Crippen LogP contribution is 2.09. The molecule has 0 saturated carbocycles. The van der Waals surface area contributed by atoms with Crippen LogP contribution < -0.4 is 5.73 Å². The summed E-state index contributed by atoms with van der Waals surface area (Å²) in [6.07, 6.45) is 2.73. The van der Waals surface area contributed by atoms with Gasteiger partial charge < -0.3 is 20.3 Å². The summed E-state index contributed by atoms with van der Waals surface area (Å²) in [5, 5.41) is 8.60. The van der Waals surface area contributed by atoms with Crippen LogP contribution in [0.2, 0.25) is 0 Å². The number of aliphatic hydroxyl groups is 1. The van der Waals surface area contributed by atoms with Crippen LogP contribution in [0, 0.1) is 0 Å². The Labute approximate surface area is 80.0 Å². The van der Waals surface area contributed by atoms with Crippen LogP contribution >= 0.6 is 0 Å². The molecule has 80 valence electrons. The van der Waals surface area contributed by atoms with Crippen molar-refractivity contribution in [1.29, 1.82) is 0 Å². The monoisotopic (exact) mass is 191 g/mol. The molecule has 1 aliphatic heterocycles. The summed E-state index contributed by atoms with van der Waals surface area (Å²) in [6, 6.07) is 0. The van der Waals surface area contributed by atoms with E-state index in [0.29, 0.717) is 12.6 Å². The smallest absolute Gasteiger partial charge is 0.159 e. The molecule has 0 amide bonds. The normalized spacial score (nSPS) is 22.4. The SMILES string of the molecule is COC(C)(C)O.NCC1CCCO1. The summed E-state index contributed by atoms with van der Waals surface area (Å²) in [5.74, 6) is -0.958. The summed E-state index contributed by atoms with van der Waals surface area (Å²) in [5.41, 5.74) is 5.31. The first kappa shape index (κ1) is 12.8. The van der Waals surface area contributed by atoms with Gasteiger partial charge >= 0.3 is 0 Å². The van der Waals surface area contributed by atoms with Gasteiger partial charge in [0.25, 0.3) is 0 Å². The van der Waals surface area contributed by atoms with Crippen molar-refractivity contribution in [3.63, 3.8) is 0 Å². The Morgan fingerprint density at radius 3 is 2.31 bits per heavy atom. The van der Waals surface area contributed by atoms with Crippen LogP contribution in [0.3, 0.4) is 0 Å². The second kappa shape index (κ2) is 6.32. The van der Waals surface area contributed by atoms with Crippen LogP contribution in [-0.4, -0.2) is 37.3 Å². The van der Waals surface area contributed by atoms with Gasteiger partial charge in [0.1, 0.15) is 0 Å². The van der Waals surface area contributed by atoms with E-state index in [2.05, 4.69) is 4.74 Å². The summed E-state index contributed by atoms with van der Waals surface area (Å²) in [4.78, 5) is 0. The van der Waals surface area contributed by atoms with Gasteiger partial charge in [0.2, 0.25) is 0 Å². The van der Waals surface area contributed by atoms with Crippen molar-refractivity contribution in [3.8, 4) is 0 Å². The molecule has 1 heterocycles. The molecule has 1 rings (SSSR count). The topological polar surface area (TPSA) is 64.7 Å². The summed E-state index contributed by atoms with van der Waals surface area (Å²) in [7, 11) is 1.46. The van der Waals surface area contributed by atoms with Gasteiger partial charge in [0.15, 0.2) is 5.79 Å². The lowest BCUT2D eigenvalue weighted by Gasteiger charge is -2.12. The maximum atomic E-state index is 8.60. The van der Waals surface area contributed by atoms with Crippen LogP contribution in [0.25, 0.3) is 0 Å². The fraction of sp³-hybridized carbons (Fsp3) is 1.00. The van der Waals surface area contributed by atoms with Crippen LogP contribution in [0.15, 0.2) is 0 Å². The van der Waals surface area contributed by atoms with Crippen molar-refractivity contribution < 1.29 is 14.6 Å². The zero-order valence-corrected chi connectivity index (χ0v) is 8.75. The molecule has 0 spiro atoms. The van der Waals surface area contributed by atoms with Gasteiger partial charge in [-0.2, -0.15) is 0 Å². The Morgan fingerprint density at radius 1 is 1.62 bits per heavy atom. The maximum absolute atomic E-state index is 8.60. The number of hydrogen-bond donors (Lipinski definition) is 2. The van der Waals surface area contributed by atoms with Gasteiger partial charge in [-0.1, -0.05) is 0 Å². The molecule has 0 aromatic carbocycles. The molecule has 0 bridgehead atoms. The number of ether oxygens (including phenoxy) is 2. The quantitative estimate of drug-likeness (QED) is 0.623. The predicted octanol–water partition coefficient (Wildman–Crippen LogP) is 0.485. The molecule has 4 heteroatoms. The van der Waals surface area contributed by atoms with E-state index in [1.165, 1.54) is 13.5 Å². The number of hydrogen-bond acceptors (Lipinski definition) is 4. The van der Waals surface area contributed by atoms with Crippen molar-refractivity contribution in [3.05, 3.63) is 0 Å². The molecule has 0 aliphatic carbocycles. The van der Waals surface area contributed by atoms with Gasteiger partial charge in [-0.05, 0) is 26.7 Å². The second-order valence-electron chi connectivity index (χ2n) is 3.52. The third kappa shape index (κ3) is 8.18. The molecule has 1 fully saturated rings. The van der Waals surface area contributed by atoms with E-state index in [1.54, 1.807) is 13.8 Å². The molecular formula is C9H21NO3. The lowest BCUT2D eigenvalue weighted by molar-refractivity contribution is -0.155. The number of nitrogens with two attached hydrogens (primary N) is 1. The zero-order valence-electron chi connectivity index (χ0n) is 8.75. The fourth-order valence-electron chi connectivity index (χ4n) is 0.830. The third-order valence-corrected chi connectivity index (χ3v) is 1.79. The molecule has 1 atom stereocenters. The van der Waals surface area contributed by atoms with Crippen molar-refractivity contribution in [2.75, 3.05) is 20.3 Å². The van der Waals surface area contributed by atoms with Gasteiger partial charge in [-0.15, -0.1) is 0 Å². The average Bonchev–Trinajstić information content (AvgIpc) is 2.56. The highest BCUT2D eigenvalue weighted by atomic mass is 16.6. The highest BCUT2D eigenvalue weighted by molar-refractivity contribution is 4.63. The van der Waals surface area contributed by atoms with E-state index in [9.17, 15) is 0 Å². The van der Waals surface area contributed by atoms with Gasteiger partial charge in [0, 0.05) is 20.3 Å². The molecule has 1 unspecified atom stereocenters. The van der Waals surface area contributed by atoms with Gasteiger partial charge in [0.05, 0.1) is 6.10 Å². The minimum absolute atomic E-state index is 0.375. The molecule has 0 aromatic rings.